The molecule has 1 saturated carbocycles. The molecule has 0 unspecified atom stereocenters. The first-order valence-electron chi connectivity index (χ1n) is 6.59. The van der Waals surface area contributed by atoms with E-state index < -0.39 is 0 Å². The third kappa shape index (κ3) is 2.43. The highest BCUT2D eigenvalue weighted by atomic mass is 19.1. The lowest BCUT2D eigenvalue weighted by molar-refractivity contribution is 0.625. The lowest BCUT2D eigenvalue weighted by Crippen LogP contribution is -2.19. The fraction of sp³-hybridized carbons (Fsp3) is 0.333. The van der Waals surface area contributed by atoms with Gasteiger partial charge < -0.3 is 5.32 Å². The largest absolute Gasteiger partial charge is 0.359 e. The Morgan fingerprint density at radius 3 is 2.42 bits per heavy atom. The standard InChI is InChI=1S/C15H16FN3.H2/c1-2-13-7-8-14(19-18-13)17-15(9-10-15)11-3-5-12(16)6-4-11;/h3-8H,2,9-10H2,1H3,(H,17,19);1H. The van der Waals surface area contributed by atoms with Gasteiger partial charge in [-0.05, 0) is 49.1 Å². The molecule has 0 atom stereocenters. The number of hydrogen-bond donors (Lipinski definition) is 1. The third-order valence-electron chi connectivity index (χ3n) is 3.60. The maximum absolute atomic E-state index is 13.0. The second-order valence-corrected chi connectivity index (χ2v) is 4.98. The van der Waals surface area contributed by atoms with Crippen LogP contribution in [0.3, 0.4) is 0 Å². The molecule has 100 valence electrons. The summed E-state index contributed by atoms with van der Waals surface area (Å²) in [7, 11) is 0. The summed E-state index contributed by atoms with van der Waals surface area (Å²) in [5.74, 6) is 0.575. The van der Waals surface area contributed by atoms with Crippen LogP contribution in [0.4, 0.5) is 10.2 Å². The van der Waals surface area contributed by atoms with Gasteiger partial charge in [-0.3, -0.25) is 0 Å². The number of aryl methyl sites for hydroxylation is 1. The lowest BCUT2D eigenvalue weighted by atomic mass is 10.1. The average molecular weight is 259 g/mol. The molecule has 0 spiro atoms. The summed E-state index contributed by atoms with van der Waals surface area (Å²) < 4.78 is 13.0. The predicted molar refractivity (Wildman–Crippen MR) is 74.5 cm³/mol. The Morgan fingerprint density at radius 2 is 1.89 bits per heavy atom. The summed E-state index contributed by atoms with van der Waals surface area (Å²) >= 11 is 0. The first-order chi connectivity index (χ1) is 9.22. The first-order valence-corrected chi connectivity index (χ1v) is 6.59. The molecule has 1 N–H and O–H groups in total. The molecule has 1 fully saturated rings. The first kappa shape index (κ1) is 12.1. The summed E-state index contributed by atoms with van der Waals surface area (Å²) in [4.78, 5) is 0. The van der Waals surface area contributed by atoms with Crippen LogP contribution in [0.2, 0.25) is 0 Å². The molecule has 1 heterocycles. The molecular weight excluding hydrogens is 241 g/mol. The zero-order valence-electron chi connectivity index (χ0n) is 10.9. The minimum Gasteiger partial charge on any atom is -0.359 e. The lowest BCUT2D eigenvalue weighted by Gasteiger charge is -2.18. The highest BCUT2D eigenvalue weighted by molar-refractivity contribution is 5.45. The second-order valence-electron chi connectivity index (χ2n) is 4.98. The number of nitrogens with one attached hydrogen (secondary N) is 1. The molecule has 0 aliphatic heterocycles. The molecule has 0 amide bonds. The van der Waals surface area contributed by atoms with Crippen LogP contribution >= 0.6 is 0 Å². The monoisotopic (exact) mass is 259 g/mol. The zero-order valence-corrected chi connectivity index (χ0v) is 10.9. The van der Waals surface area contributed by atoms with Gasteiger partial charge in [-0.1, -0.05) is 19.1 Å². The molecule has 3 nitrogen and oxygen atoms in total. The fourth-order valence-corrected chi connectivity index (χ4v) is 2.24. The van der Waals surface area contributed by atoms with E-state index in [0.29, 0.717) is 0 Å². The van der Waals surface area contributed by atoms with Gasteiger partial charge in [-0.2, -0.15) is 5.10 Å². The molecule has 0 saturated heterocycles. The van der Waals surface area contributed by atoms with Gasteiger partial charge >= 0.3 is 0 Å². The second kappa shape index (κ2) is 4.61. The summed E-state index contributed by atoms with van der Waals surface area (Å²) in [6.07, 6.45) is 2.96. The molecule has 4 heteroatoms. The van der Waals surface area contributed by atoms with Crippen molar-refractivity contribution in [3.05, 3.63) is 53.5 Å². The summed E-state index contributed by atoms with van der Waals surface area (Å²) in [6.45, 7) is 2.05. The van der Waals surface area contributed by atoms with Crippen LogP contribution in [-0.2, 0) is 12.0 Å². The smallest absolute Gasteiger partial charge is 0.149 e. The van der Waals surface area contributed by atoms with E-state index in [0.717, 1.165) is 36.3 Å². The Hall–Kier alpha value is -1.97. The minimum atomic E-state index is -0.202. The van der Waals surface area contributed by atoms with Gasteiger partial charge in [0.05, 0.1) is 11.2 Å². The SMILES string of the molecule is CCc1ccc(NC2(c3ccc(F)cc3)CC2)nn1.[HH]. The van der Waals surface area contributed by atoms with Crippen molar-refractivity contribution >= 4 is 5.82 Å². The quantitative estimate of drug-likeness (QED) is 0.912. The summed E-state index contributed by atoms with van der Waals surface area (Å²) in [6, 6.07) is 10.6. The minimum absolute atomic E-state index is 0. The van der Waals surface area contributed by atoms with Crippen LogP contribution in [0.5, 0.6) is 0 Å². The van der Waals surface area contributed by atoms with Crippen molar-refractivity contribution in [2.75, 3.05) is 5.32 Å². The predicted octanol–water partition coefficient (Wildman–Crippen LogP) is 3.53. The van der Waals surface area contributed by atoms with Crippen molar-refractivity contribution in [1.82, 2.24) is 10.2 Å². The van der Waals surface area contributed by atoms with Crippen LogP contribution in [-0.4, -0.2) is 10.2 Å². The van der Waals surface area contributed by atoms with E-state index in [1.165, 1.54) is 12.1 Å². The van der Waals surface area contributed by atoms with Gasteiger partial charge in [0, 0.05) is 1.43 Å². The summed E-state index contributed by atoms with van der Waals surface area (Å²) in [5, 5.41) is 11.7. The van der Waals surface area contributed by atoms with Crippen molar-refractivity contribution in [2.24, 2.45) is 0 Å². The van der Waals surface area contributed by atoms with E-state index in [4.69, 9.17) is 0 Å². The number of hydrogen-bond acceptors (Lipinski definition) is 3. The molecule has 3 rings (SSSR count). The molecular formula is C15H18FN3. The van der Waals surface area contributed by atoms with Crippen molar-refractivity contribution in [1.29, 1.82) is 0 Å². The van der Waals surface area contributed by atoms with E-state index in [9.17, 15) is 4.39 Å². The van der Waals surface area contributed by atoms with Gasteiger partial charge in [-0.25, -0.2) is 4.39 Å². The Morgan fingerprint density at radius 1 is 1.16 bits per heavy atom. The van der Waals surface area contributed by atoms with Crippen LogP contribution in [0, 0.1) is 5.82 Å². The number of rotatable bonds is 4. The summed E-state index contributed by atoms with van der Waals surface area (Å²) in [5.41, 5.74) is 2.00. The molecule has 0 bridgehead atoms. The van der Waals surface area contributed by atoms with Crippen LogP contribution in [0.1, 0.15) is 32.4 Å². The molecule has 1 aromatic carbocycles. The van der Waals surface area contributed by atoms with Crippen molar-refractivity contribution < 1.29 is 5.82 Å². The van der Waals surface area contributed by atoms with Crippen LogP contribution in [0.15, 0.2) is 36.4 Å². The number of halogens is 1. The van der Waals surface area contributed by atoms with Crippen molar-refractivity contribution in [2.45, 2.75) is 31.7 Å². The van der Waals surface area contributed by atoms with Gasteiger partial charge in [-0.15, -0.1) is 5.10 Å². The average Bonchev–Trinajstić information content (AvgIpc) is 3.21. The third-order valence-corrected chi connectivity index (χ3v) is 3.60. The highest BCUT2D eigenvalue weighted by Crippen LogP contribution is 2.47. The maximum Gasteiger partial charge on any atom is 0.149 e. The zero-order chi connectivity index (χ0) is 13.3. The number of benzene rings is 1. The van der Waals surface area contributed by atoms with E-state index >= 15 is 0 Å². The Kier molecular flexibility index (Phi) is 2.93. The molecule has 1 aliphatic carbocycles. The van der Waals surface area contributed by atoms with E-state index in [2.05, 4.69) is 22.4 Å². The van der Waals surface area contributed by atoms with Crippen molar-refractivity contribution in [3.8, 4) is 0 Å². The Balaban J connectivity index is 0.00000147. The van der Waals surface area contributed by atoms with Crippen LogP contribution < -0.4 is 5.32 Å². The highest BCUT2D eigenvalue weighted by Gasteiger charge is 2.44. The molecule has 2 aromatic rings. The van der Waals surface area contributed by atoms with Gasteiger partial charge in [0.25, 0.3) is 0 Å². The maximum atomic E-state index is 13.0. The van der Waals surface area contributed by atoms with E-state index in [-0.39, 0.29) is 12.8 Å². The Labute approximate surface area is 113 Å². The van der Waals surface area contributed by atoms with Gasteiger partial charge in [0.2, 0.25) is 0 Å². The Bertz CT molecular complexity index is 565. The normalized spacial score (nSPS) is 16.1. The van der Waals surface area contributed by atoms with Crippen LogP contribution in [0.25, 0.3) is 0 Å². The van der Waals surface area contributed by atoms with E-state index in [1.54, 1.807) is 0 Å². The molecule has 1 aliphatic rings. The molecule has 1 aromatic heterocycles. The van der Waals surface area contributed by atoms with E-state index in [1.807, 2.05) is 24.3 Å². The number of nitrogens with zero attached hydrogens (tertiary/aromatic N) is 2. The fourth-order valence-electron chi connectivity index (χ4n) is 2.24. The molecule has 0 radical (unpaired) electrons. The van der Waals surface area contributed by atoms with Crippen molar-refractivity contribution in [3.63, 3.8) is 0 Å². The van der Waals surface area contributed by atoms with Gasteiger partial charge in [0.15, 0.2) is 0 Å². The number of anilines is 1. The van der Waals surface area contributed by atoms with Gasteiger partial charge in [0.1, 0.15) is 11.6 Å². The topological polar surface area (TPSA) is 37.8 Å². The molecule has 19 heavy (non-hydrogen) atoms. The number of aromatic nitrogens is 2.